The van der Waals surface area contributed by atoms with Gasteiger partial charge in [0.25, 0.3) is 0 Å². The Kier molecular flexibility index (Phi) is 6.23. The number of hydrogen-bond donors (Lipinski definition) is 1. The maximum absolute atomic E-state index is 13.1. The molecule has 0 atom stereocenters. The first-order chi connectivity index (χ1) is 12.2. The molecule has 4 nitrogen and oxygen atoms in total. The van der Waals surface area contributed by atoms with E-state index in [2.05, 4.69) is 10.2 Å². The minimum Gasteiger partial charge on any atom is -0.467 e. The average Bonchev–Trinajstić information content (AvgIpc) is 3.16. The number of amides is 1. The van der Waals surface area contributed by atoms with E-state index in [-0.39, 0.29) is 11.7 Å². The lowest BCUT2D eigenvalue weighted by atomic mass is 9.93. The Bertz CT molecular complexity index is 649. The van der Waals surface area contributed by atoms with Gasteiger partial charge in [-0.1, -0.05) is 31.4 Å². The van der Waals surface area contributed by atoms with Gasteiger partial charge in [-0.2, -0.15) is 0 Å². The lowest BCUT2D eigenvalue weighted by Gasteiger charge is -2.34. The fourth-order valence-electron chi connectivity index (χ4n) is 3.42. The highest BCUT2D eigenvalue weighted by molar-refractivity contribution is 5.78. The normalized spacial score (nSPS) is 15.4. The van der Waals surface area contributed by atoms with E-state index in [4.69, 9.17) is 4.42 Å². The van der Waals surface area contributed by atoms with Crippen LogP contribution in [-0.2, 0) is 17.9 Å². The van der Waals surface area contributed by atoms with Crippen LogP contribution < -0.4 is 5.32 Å². The number of nitrogens with zero attached hydrogens (tertiary/aromatic N) is 1. The van der Waals surface area contributed by atoms with Gasteiger partial charge in [-0.25, -0.2) is 4.39 Å². The van der Waals surface area contributed by atoms with Crippen molar-refractivity contribution in [3.63, 3.8) is 0 Å². The zero-order valence-corrected chi connectivity index (χ0v) is 14.4. The van der Waals surface area contributed by atoms with Gasteiger partial charge < -0.3 is 9.73 Å². The van der Waals surface area contributed by atoms with Crippen LogP contribution in [0.4, 0.5) is 4.39 Å². The summed E-state index contributed by atoms with van der Waals surface area (Å²) in [6, 6.07) is 10.6. The Labute approximate surface area is 148 Å². The van der Waals surface area contributed by atoms with Crippen LogP contribution in [0.2, 0.25) is 0 Å². The average molecular weight is 344 g/mol. The molecule has 0 unspecified atom stereocenters. The molecule has 0 aliphatic heterocycles. The third-order valence-electron chi connectivity index (χ3n) is 4.78. The third kappa shape index (κ3) is 5.43. The van der Waals surface area contributed by atoms with Crippen LogP contribution in [0.3, 0.4) is 0 Å². The van der Waals surface area contributed by atoms with Gasteiger partial charge in [-0.05, 0) is 42.7 Å². The third-order valence-corrected chi connectivity index (χ3v) is 4.78. The van der Waals surface area contributed by atoms with Gasteiger partial charge >= 0.3 is 0 Å². The summed E-state index contributed by atoms with van der Waals surface area (Å²) in [4.78, 5) is 14.6. The second-order valence-electron chi connectivity index (χ2n) is 6.68. The molecule has 1 aromatic carbocycles. The maximum Gasteiger partial charge on any atom is 0.234 e. The summed E-state index contributed by atoms with van der Waals surface area (Å²) in [5.41, 5.74) is 1.03. The fraction of sp³-hybridized carbons (Fsp3) is 0.450. The van der Waals surface area contributed by atoms with E-state index in [0.29, 0.717) is 25.7 Å². The van der Waals surface area contributed by atoms with Gasteiger partial charge in [-0.15, -0.1) is 0 Å². The van der Waals surface area contributed by atoms with Crippen molar-refractivity contribution in [2.24, 2.45) is 0 Å². The highest BCUT2D eigenvalue weighted by atomic mass is 19.1. The molecule has 1 aliphatic carbocycles. The number of benzene rings is 1. The van der Waals surface area contributed by atoms with Crippen LogP contribution in [-0.4, -0.2) is 23.4 Å². The van der Waals surface area contributed by atoms with Gasteiger partial charge in [0.2, 0.25) is 5.91 Å². The largest absolute Gasteiger partial charge is 0.467 e. The van der Waals surface area contributed by atoms with Crippen molar-refractivity contribution < 1.29 is 13.6 Å². The quantitative estimate of drug-likeness (QED) is 0.829. The van der Waals surface area contributed by atoms with Crippen molar-refractivity contribution >= 4 is 5.91 Å². The molecule has 0 bridgehead atoms. The second-order valence-corrected chi connectivity index (χ2v) is 6.68. The number of rotatable bonds is 7. The van der Waals surface area contributed by atoms with Gasteiger partial charge in [0.15, 0.2) is 0 Å². The van der Waals surface area contributed by atoms with E-state index >= 15 is 0 Å². The van der Waals surface area contributed by atoms with E-state index in [1.54, 1.807) is 18.4 Å². The van der Waals surface area contributed by atoms with Crippen molar-refractivity contribution in [3.8, 4) is 0 Å². The second kappa shape index (κ2) is 8.81. The molecular formula is C20H25FN2O2. The highest BCUT2D eigenvalue weighted by Crippen LogP contribution is 2.24. The van der Waals surface area contributed by atoms with Crippen LogP contribution in [0.25, 0.3) is 0 Å². The number of carbonyl (C=O) groups excluding carboxylic acids is 1. The molecule has 1 aliphatic rings. The molecule has 1 fully saturated rings. The van der Waals surface area contributed by atoms with Gasteiger partial charge in [0.1, 0.15) is 11.6 Å². The molecule has 1 amide bonds. The van der Waals surface area contributed by atoms with E-state index in [1.165, 1.54) is 31.4 Å². The summed E-state index contributed by atoms with van der Waals surface area (Å²) in [5.74, 6) is 0.504. The van der Waals surface area contributed by atoms with Crippen molar-refractivity contribution in [1.82, 2.24) is 10.2 Å². The first-order valence-corrected chi connectivity index (χ1v) is 8.98. The highest BCUT2D eigenvalue weighted by Gasteiger charge is 2.23. The lowest BCUT2D eigenvalue weighted by molar-refractivity contribution is -0.123. The van der Waals surface area contributed by atoms with Gasteiger partial charge in [0.05, 0.1) is 19.4 Å². The van der Waals surface area contributed by atoms with E-state index in [9.17, 15) is 9.18 Å². The van der Waals surface area contributed by atoms with E-state index in [0.717, 1.165) is 24.2 Å². The zero-order valence-electron chi connectivity index (χ0n) is 14.4. The first kappa shape index (κ1) is 17.7. The molecule has 0 radical (unpaired) electrons. The van der Waals surface area contributed by atoms with Crippen molar-refractivity contribution in [3.05, 3.63) is 59.8 Å². The van der Waals surface area contributed by atoms with Gasteiger partial charge in [0, 0.05) is 12.6 Å². The fourth-order valence-corrected chi connectivity index (χ4v) is 3.42. The molecule has 5 heteroatoms. The summed E-state index contributed by atoms with van der Waals surface area (Å²) in [6.45, 7) is 1.42. The summed E-state index contributed by atoms with van der Waals surface area (Å²) in [6.07, 6.45) is 7.52. The Balaban J connectivity index is 1.60. The molecule has 1 heterocycles. The van der Waals surface area contributed by atoms with Crippen LogP contribution in [0.15, 0.2) is 47.1 Å². The number of carbonyl (C=O) groups is 1. The number of hydrogen-bond acceptors (Lipinski definition) is 3. The molecule has 0 spiro atoms. The summed E-state index contributed by atoms with van der Waals surface area (Å²) < 4.78 is 18.4. The molecule has 1 aromatic heterocycles. The standard InChI is InChI=1S/C20H25FN2O2/c21-17-10-8-16(9-11-17)14-23(18-5-2-1-3-6-18)15-20(24)22-13-19-7-4-12-25-19/h4,7-12,18H,1-3,5-6,13-15H2,(H,22,24). The van der Waals surface area contributed by atoms with Crippen molar-refractivity contribution in [2.75, 3.05) is 6.54 Å². The molecule has 1 N–H and O–H groups in total. The SMILES string of the molecule is O=C(CN(Cc1ccc(F)cc1)C1CCCCC1)NCc1ccco1. The lowest BCUT2D eigenvalue weighted by Crippen LogP contribution is -2.43. The van der Waals surface area contributed by atoms with E-state index in [1.807, 2.05) is 12.1 Å². The maximum atomic E-state index is 13.1. The topological polar surface area (TPSA) is 45.5 Å². The molecule has 1 saturated carbocycles. The van der Waals surface area contributed by atoms with Crippen LogP contribution >= 0.6 is 0 Å². The Hall–Kier alpha value is -2.14. The van der Waals surface area contributed by atoms with Crippen LogP contribution in [0.5, 0.6) is 0 Å². The number of halogens is 1. The van der Waals surface area contributed by atoms with Crippen molar-refractivity contribution in [1.29, 1.82) is 0 Å². The van der Waals surface area contributed by atoms with Gasteiger partial charge in [-0.3, -0.25) is 9.69 Å². The summed E-state index contributed by atoms with van der Waals surface area (Å²) in [7, 11) is 0. The van der Waals surface area contributed by atoms with Crippen LogP contribution in [0, 0.1) is 5.82 Å². The minimum atomic E-state index is -0.232. The molecule has 2 aromatic rings. The number of furan rings is 1. The molecule has 25 heavy (non-hydrogen) atoms. The van der Waals surface area contributed by atoms with E-state index < -0.39 is 0 Å². The van der Waals surface area contributed by atoms with Crippen LogP contribution in [0.1, 0.15) is 43.4 Å². The first-order valence-electron chi connectivity index (χ1n) is 8.98. The monoisotopic (exact) mass is 344 g/mol. The molecular weight excluding hydrogens is 319 g/mol. The summed E-state index contributed by atoms with van der Waals surface area (Å²) >= 11 is 0. The zero-order chi connectivity index (χ0) is 17.5. The Morgan fingerprint density at radius 2 is 1.92 bits per heavy atom. The Morgan fingerprint density at radius 3 is 2.60 bits per heavy atom. The van der Waals surface area contributed by atoms with Crippen molar-refractivity contribution in [2.45, 2.75) is 51.2 Å². The predicted molar refractivity (Wildman–Crippen MR) is 94.2 cm³/mol. The Morgan fingerprint density at radius 1 is 1.16 bits per heavy atom. The smallest absolute Gasteiger partial charge is 0.234 e. The molecule has 0 saturated heterocycles. The predicted octanol–water partition coefficient (Wildman–Crippen LogP) is 3.87. The molecule has 134 valence electrons. The number of nitrogens with one attached hydrogen (secondary N) is 1. The minimum absolute atomic E-state index is 0.0101. The summed E-state index contributed by atoms with van der Waals surface area (Å²) in [5, 5.41) is 2.92. The molecule has 3 rings (SSSR count).